The Labute approximate surface area is 139 Å². The number of carbonyl (C=O) groups is 2. The number of ether oxygens (including phenoxy) is 2. The number of likely N-dealkylation sites (tertiary alicyclic amines) is 2. The fourth-order valence-corrected chi connectivity index (χ4v) is 3.03. The van der Waals surface area contributed by atoms with Crippen LogP contribution in [0.4, 0.5) is 9.59 Å². The molecular weight excluding hydrogens is 296 g/mol. The lowest BCUT2D eigenvalue weighted by molar-refractivity contribution is 0.0173. The first-order valence-electron chi connectivity index (χ1n) is 8.75. The number of piperidine rings is 1. The van der Waals surface area contributed by atoms with Gasteiger partial charge in [-0.25, -0.2) is 9.59 Å². The maximum Gasteiger partial charge on any atom is 0.410 e. The molecule has 0 N–H and O–H groups in total. The summed E-state index contributed by atoms with van der Waals surface area (Å²) in [5, 5.41) is 0. The molecule has 2 aliphatic heterocycles. The van der Waals surface area contributed by atoms with Gasteiger partial charge in [-0.15, -0.1) is 0 Å². The van der Waals surface area contributed by atoms with Crippen molar-refractivity contribution in [1.82, 2.24) is 9.80 Å². The van der Waals surface area contributed by atoms with E-state index in [1.807, 2.05) is 20.8 Å². The summed E-state index contributed by atoms with van der Waals surface area (Å²) in [6.07, 6.45) is 4.53. The Kier molecular flexibility index (Phi) is 6.13. The highest BCUT2D eigenvalue weighted by Gasteiger charge is 2.27. The molecule has 23 heavy (non-hydrogen) atoms. The summed E-state index contributed by atoms with van der Waals surface area (Å²) in [4.78, 5) is 27.4. The summed E-state index contributed by atoms with van der Waals surface area (Å²) in [7, 11) is 0. The standard InChI is InChI=1S/C17H30N2O4/c1-17(2,3)23-16(21)19-11-6-14(7-12-19)8-13-22-15(20)18-9-4-5-10-18/h14H,4-13H2,1-3H3. The van der Waals surface area contributed by atoms with Crippen molar-refractivity contribution in [3.63, 3.8) is 0 Å². The van der Waals surface area contributed by atoms with Crippen molar-refractivity contribution in [2.75, 3.05) is 32.8 Å². The Hall–Kier alpha value is -1.46. The average molecular weight is 326 g/mol. The van der Waals surface area contributed by atoms with Crippen molar-refractivity contribution in [1.29, 1.82) is 0 Å². The van der Waals surface area contributed by atoms with Crippen molar-refractivity contribution in [2.45, 2.75) is 58.5 Å². The van der Waals surface area contributed by atoms with Gasteiger partial charge in [-0.2, -0.15) is 0 Å². The Morgan fingerprint density at radius 2 is 1.52 bits per heavy atom. The normalized spacial score (nSPS) is 19.8. The number of amides is 2. The minimum absolute atomic E-state index is 0.173. The monoisotopic (exact) mass is 326 g/mol. The Bertz CT molecular complexity index is 405. The molecule has 2 saturated heterocycles. The molecule has 0 bridgehead atoms. The molecule has 6 nitrogen and oxygen atoms in total. The molecule has 0 aromatic rings. The third kappa shape index (κ3) is 5.92. The Balaban J connectivity index is 1.61. The average Bonchev–Trinajstić information content (AvgIpc) is 3.00. The van der Waals surface area contributed by atoms with E-state index < -0.39 is 5.60 Å². The highest BCUT2D eigenvalue weighted by atomic mass is 16.6. The van der Waals surface area contributed by atoms with Gasteiger partial charge in [0.15, 0.2) is 0 Å². The summed E-state index contributed by atoms with van der Waals surface area (Å²) in [6.45, 7) is 9.22. The molecule has 0 aliphatic carbocycles. The molecule has 132 valence electrons. The summed E-state index contributed by atoms with van der Waals surface area (Å²) in [6, 6.07) is 0. The van der Waals surface area contributed by atoms with Gasteiger partial charge in [-0.05, 0) is 58.8 Å². The van der Waals surface area contributed by atoms with Crippen molar-refractivity contribution < 1.29 is 19.1 Å². The van der Waals surface area contributed by atoms with Gasteiger partial charge in [0.2, 0.25) is 0 Å². The minimum Gasteiger partial charge on any atom is -0.449 e. The van der Waals surface area contributed by atoms with Crippen LogP contribution in [0.1, 0.15) is 52.9 Å². The maximum atomic E-state index is 12.0. The van der Waals surface area contributed by atoms with Gasteiger partial charge in [0.1, 0.15) is 5.60 Å². The summed E-state index contributed by atoms with van der Waals surface area (Å²) >= 11 is 0. The first-order chi connectivity index (χ1) is 10.8. The van der Waals surface area contributed by atoms with E-state index in [0.717, 1.165) is 58.3 Å². The number of hydrogen-bond donors (Lipinski definition) is 0. The van der Waals surface area contributed by atoms with Gasteiger partial charge in [-0.1, -0.05) is 0 Å². The molecule has 2 fully saturated rings. The lowest BCUT2D eigenvalue weighted by Crippen LogP contribution is -2.41. The lowest BCUT2D eigenvalue weighted by atomic mass is 9.94. The van der Waals surface area contributed by atoms with Crippen LogP contribution in [-0.4, -0.2) is 60.4 Å². The number of rotatable bonds is 3. The van der Waals surface area contributed by atoms with Crippen LogP contribution in [0, 0.1) is 5.92 Å². The number of hydrogen-bond acceptors (Lipinski definition) is 4. The second-order valence-electron chi connectivity index (χ2n) is 7.51. The van der Waals surface area contributed by atoms with Gasteiger partial charge in [0.05, 0.1) is 6.61 Å². The van der Waals surface area contributed by atoms with Crippen molar-refractivity contribution in [3.8, 4) is 0 Å². The van der Waals surface area contributed by atoms with Crippen molar-refractivity contribution in [2.24, 2.45) is 5.92 Å². The number of nitrogens with zero attached hydrogens (tertiary/aromatic N) is 2. The second-order valence-corrected chi connectivity index (χ2v) is 7.51. The van der Waals surface area contributed by atoms with E-state index >= 15 is 0 Å². The van der Waals surface area contributed by atoms with Crippen LogP contribution in [0.15, 0.2) is 0 Å². The smallest absolute Gasteiger partial charge is 0.410 e. The van der Waals surface area contributed by atoms with Crippen LogP contribution in [-0.2, 0) is 9.47 Å². The summed E-state index contributed by atoms with van der Waals surface area (Å²) < 4.78 is 10.7. The highest BCUT2D eigenvalue weighted by Crippen LogP contribution is 2.22. The van der Waals surface area contributed by atoms with Crippen LogP contribution in [0.2, 0.25) is 0 Å². The second kappa shape index (κ2) is 7.88. The molecule has 2 rings (SSSR count). The van der Waals surface area contributed by atoms with E-state index in [1.165, 1.54) is 0 Å². The van der Waals surface area contributed by atoms with E-state index in [2.05, 4.69) is 0 Å². The fourth-order valence-electron chi connectivity index (χ4n) is 3.03. The van der Waals surface area contributed by atoms with Gasteiger partial charge in [0, 0.05) is 26.2 Å². The molecule has 0 radical (unpaired) electrons. The molecule has 6 heteroatoms. The van der Waals surface area contributed by atoms with Crippen LogP contribution in [0.3, 0.4) is 0 Å². The Morgan fingerprint density at radius 3 is 2.09 bits per heavy atom. The predicted octanol–water partition coefficient (Wildman–Crippen LogP) is 3.26. The molecule has 0 atom stereocenters. The largest absolute Gasteiger partial charge is 0.449 e. The van der Waals surface area contributed by atoms with Crippen molar-refractivity contribution >= 4 is 12.2 Å². The molecule has 0 spiro atoms. The summed E-state index contributed by atoms with van der Waals surface area (Å²) in [5.41, 5.74) is -0.447. The van der Waals surface area contributed by atoms with Gasteiger partial charge in [-0.3, -0.25) is 0 Å². The van der Waals surface area contributed by atoms with Crippen molar-refractivity contribution in [3.05, 3.63) is 0 Å². The molecule has 0 aromatic carbocycles. The third-order valence-electron chi connectivity index (χ3n) is 4.38. The molecule has 0 unspecified atom stereocenters. The summed E-state index contributed by atoms with van der Waals surface area (Å²) in [5.74, 6) is 0.514. The van der Waals surface area contributed by atoms with Gasteiger partial charge >= 0.3 is 12.2 Å². The zero-order valence-electron chi connectivity index (χ0n) is 14.7. The lowest BCUT2D eigenvalue weighted by Gasteiger charge is -2.33. The van der Waals surface area contributed by atoms with E-state index in [9.17, 15) is 9.59 Å². The molecule has 2 aliphatic rings. The molecule has 0 saturated carbocycles. The van der Waals surface area contributed by atoms with E-state index in [0.29, 0.717) is 12.5 Å². The molecule has 2 heterocycles. The van der Waals surface area contributed by atoms with E-state index in [4.69, 9.17) is 9.47 Å². The molecule has 2 amide bonds. The molecular formula is C17H30N2O4. The Morgan fingerprint density at radius 1 is 0.957 bits per heavy atom. The van der Waals surface area contributed by atoms with Gasteiger partial charge in [0.25, 0.3) is 0 Å². The first kappa shape index (κ1) is 17.9. The topological polar surface area (TPSA) is 59.1 Å². The van der Waals surface area contributed by atoms with Crippen LogP contribution in [0.5, 0.6) is 0 Å². The maximum absolute atomic E-state index is 12.0. The first-order valence-corrected chi connectivity index (χ1v) is 8.75. The van der Waals surface area contributed by atoms with Gasteiger partial charge < -0.3 is 19.3 Å². The zero-order chi connectivity index (χ0) is 16.9. The van der Waals surface area contributed by atoms with Crippen LogP contribution in [0.25, 0.3) is 0 Å². The van der Waals surface area contributed by atoms with Crippen LogP contribution < -0.4 is 0 Å². The number of carbonyl (C=O) groups excluding carboxylic acids is 2. The fraction of sp³-hybridized carbons (Fsp3) is 0.882. The molecule has 0 aromatic heterocycles. The van der Waals surface area contributed by atoms with Crippen LogP contribution >= 0.6 is 0 Å². The highest BCUT2D eigenvalue weighted by molar-refractivity contribution is 5.68. The van der Waals surface area contributed by atoms with E-state index in [1.54, 1.807) is 9.80 Å². The zero-order valence-corrected chi connectivity index (χ0v) is 14.7. The SMILES string of the molecule is CC(C)(C)OC(=O)N1CCC(CCOC(=O)N2CCCC2)CC1. The predicted molar refractivity (Wildman–Crippen MR) is 87.3 cm³/mol. The van der Waals surface area contributed by atoms with E-state index in [-0.39, 0.29) is 12.2 Å². The third-order valence-corrected chi connectivity index (χ3v) is 4.38. The minimum atomic E-state index is -0.447. The quantitative estimate of drug-likeness (QED) is 0.799.